The van der Waals surface area contributed by atoms with Gasteiger partial charge >= 0.3 is 0 Å². The number of para-hydroxylation sites is 1. The van der Waals surface area contributed by atoms with Crippen LogP contribution < -0.4 is 0 Å². The van der Waals surface area contributed by atoms with Gasteiger partial charge in [0.2, 0.25) is 5.88 Å². The van der Waals surface area contributed by atoms with E-state index in [0.717, 1.165) is 5.39 Å². The molecule has 7 heteroatoms. The number of azo groups is 1. The number of thiocarbonyl (C=S) groups is 1. The summed E-state index contributed by atoms with van der Waals surface area (Å²) in [6, 6.07) is 5.39. The SMILES string of the molecule is C=CCn1c(O)c(N=NC(=S)SC)c2cccc(Cl)c21. The van der Waals surface area contributed by atoms with Gasteiger partial charge in [0, 0.05) is 11.9 Å². The van der Waals surface area contributed by atoms with Gasteiger partial charge in [-0.2, -0.15) is 0 Å². The van der Waals surface area contributed by atoms with Gasteiger partial charge in [0.1, 0.15) is 0 Å². The molecule has 0 amide bonds. The van der Waals surface area contributed by atoms with E-state index in [9.17, 15) is 5.11 Å². The van der Waals surface area contributed by atoms with Crippen LogP contribution in [0.1, 0.15) is 0 Å². The van der Waals surface area contributed by atoms with Crippen LogP contribution in [0.25, 0.3) is 10.9 Å². The Labute approximate surface area is 131 Å². The molecule has 2 aromatic rings. The number of nitrogens with zero attached hydrogens (tertiary/aromatic N) is 3. The second kappa shape index (κ2) is 6.39. The smallest absolute Gasteiger partial charge is 0.221 e. The minimum absolute atomic E-state index is 0.000605. The first-order valence-electron chi connectivity index (χ1n) is 5.70. The van der Waals surface area contributed by atoms with E-state index in [1.165, 1.54) is 11.8 Å². The molecule has 104 valence electrons. The molecule has 0 fully saturated rings. The van der Waals surface area contributed by atoms with Crippen LogP contribution in [0, 0.1) is 0 Å². The van der Waals surface area contributed by atoms with Gasteiger partial charge in [0.15, 0.2) is 10.0 Å². The maximum absolute atomic E-state index is 10.3. The summed E-state index contributed by atoms with van der Waals surface area (Å²) in [6.07, 6.45) is 3.50. The molecule has 1 N–H and O–H groups in total. The van der Waals surface area contributed by atoms with Crippen LogP contribution in [-0.4, -0.2) is 20.2 Å². The molecule has 2 rings (SSSR count). The van der Waals surface area contributed by atoms with Crippen LogP contribution in [0.3, 0.4) is 0 Å². The van der Waals surface area contributed by atoms with Crippen molar-refractivity contribution in [3.63, 3.8) is 0 Å². The normalized spacial score (nSPS) is 11.3. The third-order valence-corrected chi connectivity index (χ3v) is 4.01. The molecule has 0 aliphatic heterocycles. The van der Waals surface area contributed by atoms with Crippen molar-refractivity contribution in [2.75, 3.05) is 6.26 Å². The summed E-state index contributed by atoms with van der Waals surface area (Å²) in [5.74, 6) is 0.000605. The topological polar surface area (TPSA) is 49.9 Å². The summed E-state index contributed by atoms with van der Waals surface area (Å²) in [5.41, 5.74) is 1.07. The number of aromatic nitrogens is 1. The molecule has 4 nitrogen and oxygen atoms in total. The Balaban J connectivity index is 2.68. The van der Waals surface area contributed by atoms with Gasteiger partial charge in [-0.1, -0.05) is 41.6 Å². The van der Waals surface area contributed by atoms with E-state index >= 15 is 0 Å². The second-order valence-corrected chi connectivity index (χ2v) is 5.72. The summed E-state index contributed by atoms with van der Waals surface area (Å²) in [6.45, 7) is 4.10. The lowest BCUT2D eigenvalue weighted by Crippen LogP contribution is -1.93. The fourth-order valence-corrected chi connectivity index (χ4v) is 2.31. The summed E-state index contributed by atoms with van der Waals surface area (Å²) in [5, 5.41) is 19.5. The molecule has 0 saturated heterocycles. The monoisotopic (exact) mass is 325 g/mol. The van der Waals surface area contributed by atoms with E-state index < -0.39 is 0 Å². The number of rotatable bonds is 3. The Bertz CT molecular complexity index is 709. The summed E-state index contributed by atoms with van der Waals surface area (Å²) >= 11 is 12.5. The highest BCUT2D eigenvalue weighted by Crippen LogP contribution is 2.41. The van der Waals surface area contributed by atoms with Gasteiger partial charge < -0.3 is 9.67 Å². The summed E-state index contributed by atoms with van der Waals surface area (Å²) in [7, 11) is 0. The Morgan fingerprint density at radius 2 is 2.35 bits per heavy atom. The van der Waals surface area contributed by atoms with Crippen molar-refractivity contribution < 1.29 is 5.11 Å². The highest BCUT2D eigenvalue weighted by atomic mass is 35.5. The zero-order valence-corrected chi connectivity index (χ0v) is 13.1. The van der Waals surface area contributed by atoms with Gasteiger partial charge in [-0.05, 0) is 24.5 Å². The second-order valence-electron chi connectivity index (χ2n) is 3.88. The minimum atomic E-state index is 0.000605. The minimum Gasteiger partial charge on any atom is -0.493 e. The van der Waals surface area contributed by atoms with Crippen molar-refractivity contribution >= 4 is 56.5 Å². The number of hydrogen-bond acceptors (Lipinski definition) is 4. The van der Waals surface area contributed by atoms with Crippen molar-refractivity contribution in [2.24, 2.45) is 10.2 Å². The molecule has 0 atom stereocenters. The molecule has 0 saturated carbocycles. The van der Waals surface area contributed by atoms with Crippen LogP contribution >= 0.6 is 35.6 Å². The van der Waals surface area contributed by atoms with Crippen LogP contribution in [0.15, 0.2) is 41.1 Å². The fourth-order valence-electron chi connectivity index (χ4n) is 1.87. The van der Waals surface area contributed by atoms with Gasteiger partial charge in [0.05, 0.1) is 10.5 Å². The van der Waals surface area contributed by atoms with E-state index in [0.29, 0.717) is 27.1 Å². The Morgan fingerprint density at radius 1 is 1.60 bits per heavy atom. The third-order valence-electron chi connectivity index (χ3n) is 2.70. The molecule has 0 spiro atoms. The first-order valence-corrected chi connectivity index (χ1v) is 7.71. The van der Waals surface area contributed by atoms with E-state index in [2.05, 4.69) is 16.8 Å². The average molecular weight is 326 g/mol. The van der Waals surface area contributed by atoms with E-state index in [4.69, 9.17) is 23.8 Å². The predicted octanol–water partition coefficient (Wildman–Crippen LogP) is 4.92. The standard InChI is InChI=1S/C13H12ClN3OS2/c1-3-7-17-11-8(5-4-6-9(11)14)10(12(17)18)15-16-13(19)20-2/h3-6,18H,1,7H2,2H3. The zero-order valence-electron chi connectivity index (χ0n) is 10.7. The molecule has 0 bridgehead atoms. The van der Waals surface area contributed by atoms with E-state index in [-0.39, 0.29) is 5.88 Å². The van der Waals surface area contributed by atoms with Crippen LogP contribution in [0.4, 0.5) is 5.69 Å². The van der Waals surface area contributed by atoms with Gasteiger partial charge in [-0.25, -0.2) is 0 Å². The Kier molecular flexibility index (Phi) is 4.80. The number of benzene rings is 1. The lowest BCUT2D eigenvalue weighted by atomic mass is 10.2. The van der Waals surface area contributed by atoms with Gasteiger partial charge in [0.25, 0.3) is 0 Å². The molecule has 0 unspecified atom stereocenters. The van der Waals surface area contributed by atoms with Crippen LogP contribution in [0.5, 0.6) is 5.88 Å². The molecule has 20 heavy (non-hydrogen) atoms. The highest BCUT2D eigenvalue weighted by Gasteiger charge is 2.18. The van der Waals surface area contributed by atoms with E-state index in [1.807, 2.05) is 12.3 Å². The molecule has 0 aliphatic rings. The first-order chi connectivity index (χ1) is 9.60. The average Bonchev–Trinajstić information content (AvgIpc) is 2.71. The molecule has 1 aromatic heterocycles. The maximum atomic E-state index is 10.3. The lowest BCUT2D eigenvalue weighted by Gasteiger charge is -2.03. The number of aromatic hydroxyl groups is 1. The van der Waals surface area contributed by atoms with Crippen molar-refractivity contribution in [1.29, 1.82) is 0 Å². The molecule has 0 aliphatic carbocycles. The lowest BCUT2D eigenvalue weighted by molar-refractivity contribution is 0.431. The van der Waals surface area contributed by atoms with Crippen molar-refractivity contribution in [3.8, 4) is 5.88 Å². The number of allylic oxidation sites excluding steroid dienone is 1. The summed E-state index contributed by atoms with van der Waals surface area (Å²) < 4.78 is 2.04. The molecular formula is C13H12ClN3OS2. The Morgan fingerprint density at radius 3 is 3.00 bits per heavy atom. The third kappa shape index (κ3) is 2.72. The van der Waals surface area contributed by atoms with Gasteiger partial charge in [-0.3, -0.25) is 0 Å². The molecule has 1 aromatic carbocycles. The van der Waals surface area contributed by atoms with Crippen LogP contribution in [-0.2, 0) is 6.54 Å². The maximum Gasteiger partial charge on any atom is 0.221 e. The summed E-state index contributed by atoms with van der Waals surface area (Å²) in [4.78, 5) is 0. The zero-order chi connectivity index (χ0) is 14.7. The largest absolute Gasteiger partial charge is 0.493 e. The Hall–Kier alpha value is -1.37. The quantitative estimate of drug-likeness (QED) is 0.495. The molecule has 1 heterocycles. The van der Waals surface area contributed by atoms with Crippen LogP contribution in [0.2, 0.25) is 5.02 Å². The van der Waals surface area contributed by atoms with E-state index in [1.54, 1.807) is 22.8 Å². The fraction of sp³-hybridized carbons (Fsp3) is 0.154. The van der Waals surface area contributed by atoms with Gasteiger partial charge in [-0.15, -0.1) is 16.8 Å². The molecular weight excluding hydrogens is 314 g/mol. The predicted molar refractivity (Wildman–Crippen MR) is 89.4 cm³/mol. The molecule has 0 radical (unpaired) electrons. The first kappa shape index (κ1) is 15.0. The number of halogens is 1. The van der Waals surface area contributed by atoms with Crippen molar-refractivity contribution in [3.05, 3.63) is 35.9 Å². The number of thioether (sulfide) groups is 1. The van der Waals surface area contributed by atoms with Crippen molar-refractivity contribution in [2.45, 2.75) is 6.54 Å². The number of fused-ring (bicyclic) bond motifs is 1. The van der Waals surface area contributed by atoms with Crippen molar-refractivity contribution in [1.82, 2.24) is 4.57 Å². The number of hydrogen-bond donors (Lipinski definition) is 1. The highest BCUT2D eigenvalue weighted by molar-refractivity contribution is 8.22.